The van der Waals surface area contributed by atoms with Crippen LogP contribution in [0.15, 0.2) is 30.5 Å². The van der Waals surface area contributed by atoms with Gasteiger partial charge >= 0.3 is 0 Å². The predicted octanol–water partition coefficient (Wildman–Crippen LogP) is 1.97. The molecule has 1 amide bonds. The van der Waals surface area contributed by atoms with E-state index in [1.807, 2.05) is 0 Å². The van der Waals surface area contributed by atoms with Gasteiger partial charge in [0.2, 0.25) is 0 Å². The lowest BCUT2D eigenvalue weighted by molar-refractivity contribution is 0.100. The van der Waals surface area contributed by atoms with E-state index in [1.165, 1.54) is 6.20 Å². The smallest absolute Gasteiger partial charge is 0.254 e. The molecule has 2 rings (SSSR count). The number of halogens is 1. The number of benzene rings is 1. The van der Waals surface area contributed by atoms with E-state index in [2.05, 4.69) is 20.8 Å². The van der Waals surface area contributed by atoms with Crippen molar-refractivity contribution in [2.24, 2.45) is 5.73 Å². The van der Waals surface area contributed by atoms with E-state index in [-0.39, 0.29) is 5.56 Å². The number of thiocarbonyl (C=S) groups is 1. The summed E-state index contributed by atoms with van der Waals surface area (Å²) in [6.07, 6.45) is 1.33. The van der Waals surface area contributed by atoms with Crippen LogP contribution in [0.2, 0.25) is 5.02 Å². The molecule has 0 aliphatic carbocycles. The number of nitrogens with zero attached hydrogens (tertiary/aromatic N) is 1. The summed E-state index contributed by atoms with van der Waals surface area (Å²) in [6, 6.07) is 7.02. The molecule has 5 N–H and O–H groups in total. The van der Waals surface area contributed by atoms with Gasteiger partial charge in [0.1, 0.15) is 11.4 Å². The Morgan fingerprint density at radius 3 is 2.63 bits per heavy atom. The first-order valence-electron chi connectivity index (χ1n) is 5.23. The number of carbonyl (C=O) groups is 1. The highest BCUT2D eigenvalue weighted by molar-refractivity contribution is 7.80. The second-order valence-corrected chi connectivity index (χ2v) is 4.45. The molecule has 0 bridgehead atoms. The Labute approximate surface area is 119 Å². The summed E-state index contributed by atoms with van der Waals surface area (Å²) in [6.45, 7) is 0. The largest absolute Gasteiger partial charge is 0.365 e. The summed E-state index contributed by atoms with van der Waals surface area (Å²) in [5.74, 6) is -0.246. The van der Waals surface area contributed by atoms with Crippen LogP contribution in [0.25, 0.3) is 0 Å². The van der Waals surface area contributed by atoms with Gasteiger partial charge in [0.25, 0.3) is 5.91 Å². The molecule has 0 radical (unpaired) electrons. The van der Waals surface area contributed by atoms with Crippen molar-refractivity contribution < 1.29 is 4.79 Å². The zero-order chi connectivity index (χ0) is 13.8. The highest BCUT2D eigenvalue weighted by Gasteiger charge is 2.11. The Morgan fingerprint density at radius 1 is 1.32 bits per heavy atom. The van der Waals surface area contributed by atoms with E-state index in [1.54, 1.807) is 24.3 Å². The lowest BCUT2D eigenvalue weighted by atomic mass is 10.3. The summed E-state index contributed by atoms with van der Waals surface area (Å²) in [4.78, 5) is 11.1. The number of nitrogens with two attached hydrogens (primary N) is 1. The lowest BCUT2D eigenvalue weighted by Gasteiger charge is -2.09. The highest BCUT2D eigenvalue weighted by Crippen LogP contribution is 2.14. The Bertz CT molecular complexity index is 610. The molecular weight excluding hydrogens is 286 g/mol. The summed E-state index contributed by atoms with van der Waals surface area (Å²) in [5.41, 5.74) is 6.19. The number of rotatable bonds is 3. The van der Waals surface area contributed by atoms with Crippen LogP contribution in [0.1, 0.15) is 10.4 Å². The molecule has 19 heavy (non-hydrogen) atoms. The number of aromatic amines is 1. The minimum absolute atomic E-state index is 0.236. The van der Waals surface area contributed by atoms with Gasteiger partial charge in [0.15, 0.2) is 5.11 Å². The zero-order valence-corrected chi connectivity index (χ0v) is 11.2. The molecule has 0 fully saturated rings. The monoisotopic (exact) mass is 295 g/mol. The normalized spacial score (nSPS) is 9.95. The SMILES string of the molecule is NC(=O)c1cn[nH]c1NC(=S)Nc1ccc(Cl)cc1. The van der Waals surface area contributed by atoms with Crippen molar-refractivity contribution >= 4 is 46.3 Å². The van der Waals surface area contributed by atoms with Gasteiger partial charge in [-0.05, 0) is 36.5 Å². The maximum atomic E-state index is 11.1. The molecule has 0 saturated heterocycles. The third-order valence-electron chi connectivity index (χ3n) is 2.25. The van der Waals surface area contributed by atoms with Gasteiger partial charge in [-0.3, -0.25) is 9.89 Å². The number of amides is 1. The van der Waals surface area contributed by atoms with Gasteiger partial charge in [-0.15, -0.1) is 0 Å². The molecule has 0 unspecified atom stereocenters. The molecule has 1 aromatic heterocycles. The molecule has 98 valence electrons. The maximum absolute atomic E-state index is 11.1. The standard InChI is InChI=1S/C11H10ClN5OS/c12-6-1-3-7(4-2-6)15-11(19)16-10-8(9(13)18)5-14-17-10/h1-5H,(H2,13,18)(H3,14,15,16,17,19). The van der Waals surface area contributed by atoms with Crippen molar-refractivity contribution in [3.63, 3.8) is 0 Å². The number of carbonyl (C=O) groups excluding carboxylic acids is 1. The Hall–Kier alpha value is -2.12. The first-order chi connectivity index (χ1) is 9.06. The summed E-state index contributed by atoms with van der Waals surface area (Å²) in [5, 5.41) is 13.0. The molecule has 1 heterocycles. The average molecular weight is 296 g/mol. The quantitative estimate of drug-likeness (QED) is 0.649. The highest BCUT2D eigenvalue weighted by atomic mass is 35.5. The number of hydrogen-bond donors (Lipinski definition) is 4. The minimum atomic E-state index is -0.592. The van der Waals surface area contributed by atoms with Crippen LogP contribution in [0.5, 0.6) is 0 Å². The molecule has 0 saturated carbocycles. The van der Waals surface area contributed by atoms with Gasteiger partial charge in [0, 0.05) is 10.7 Å². The van der Waals surface area contributed by atoms with Gasteiger partial charge in [-0.1, -0.05) is 11.6 Å². The van der Waals surface area contributed by atoms with Crippen LogP contribution in [-0.4, -0.2) is 21.2 Å². The van der Waals surface area contributed by atoms with Crippen LogP contribution in [-0.2, 0) is 0 Å². The number of nitrogens with one attached hydrogen (secondary N) is 3. The summed E-state index contributed by atoms with van der Waals surface area (Å²) < 4.78 is 0. The molecule has 0 atom stereocenters. The number of H-pyrrole nitrogens is 1. The van der Waals surface area contributed by atoms with Crippen molar-refractivity contribution in [2.45, 2.75) is 0 Å². The number of primary amides is 1. The average Bonchev–Trinajstić information content (AvgIpc) is 2.80. The van der Waals surface area contributed by atoms with Crippen LogP contribution in [0.4, 0.5) is 11.5 Å². The molecule has 6 nitrogen and oxygen atoms in total. The van der Waals surface area contributed by atoms with Crippen molar-refractivity contribution in [2.75, 3.05) is 10.6 Å². The van der Waals surface area contributed by atoms with E-state index >= 15 is 0 Å². The van der Waals surface area contributed by atoms with Crippen molar-refractivity contribution in [3.8, 4) is 0 Å². The topological polar surface area (TPSA) is 95.8 Å². The zero-order valence-electron chi connectivity index (χ0n) is 9.61. The van der Waals surface area contributed by atoms with Crippen LogP contribution in [0, 0.1) is 0 Å². The van der Waals surface area contributed by atoms with E-state index in [4.69, 9.17) is 29.6 Å². The number of anilines is 2. The first kappa shape index (κ1) is 13.3. The molecule has 2 aromatic rings. The van der Waals surface area contributed by atoms with Crippen LogP contribution >= 0.6 is 23.8 Å². The van der Waals surface area contributed by atoms with Gasteiger partial charge in [-0.25, -0.2) is 0 Å². The lowest BCUT2D eigenvalue weighted by Crippen LogP contribution is -2.21. The Morgan fingerprint density at radius 2 is 2.00 bits per heavy atom. The fourth-order valence-electron chi connectivity index (χ4n) is 1.38. The maximum Gasteiger partial charge on any atom is 0.254 e. The molecule has 0 aliphatic rings. The Kier molecular flexibility index (Phi) is 3.98. The first-order valence-corrected chi connectivity index (χ1v) is 6.01. The second-order valence-electron chi connectivity index (χ2n) is 3.61. The van der Waals surface area contributed by atoms with E-state index in [0.29, 0.717) is 16.0 Å². The van der Waals surface area contributed by atoms with Crippen molar-refractivity contribution in [1.82, 2.24) is 10.2 Å². The number of hydrogen-bond acceptors (Lipinski definition) is 3. The van der Waals surface area contributed by atoms with Crippen molar-refractivity contribution in [1.29, 1.82) is 0 Å². The van der Waals surface area contributed by atoms with E-state index in [0.717, 1.165) is 5.69 Å². The molecule has 0 spiro atoms. The fraction of sp³-hybridized carbons (Fsp3) is 0. The summed E-state index contributed by atoms with van der Waals surface area (Å²) >= 11 is 10.9. The van der Waals surface area contributed by atoms with Crippen LogP contribution < -0.4 is 16.4 Å². The Balaban J connectivity index is 2.03. The fourth-order valence-corrected chi connectivity index (χ4v) is 1.72. The second kappa shape index (κ2) is 5.68. The molecule has 0 aliphatic heterocycles. The van der Waals surface area contributed by atoms with E-state index < -0.39 is 5.91 Å². The van der Waals surface area contributed by atoms with Crippen molar-refractivity contribution in [3.05, 3.63) is 41.0 Å². The van der Waals surface area contributed by atoms with Gasteiger partial charge < -0.3 is 16.4 Å². The van der Waals surface area contributed by atoms with Crippen LogP contribution in [0.3, 0.4) is 0 Å². The summed E-state index contributed by atoms with van der Waals surface area (Å²) in [7, 11) is 0. The van der Waals surface area contributed by atoms with Gasteiger partial charge in [-0.2, -0.15) is 5.10 Å². The molecule has 8 heteroatoms. The minimum Gasteiger partial charge on any atom is -0.365 e. The predicted molar refractivity (Wildman–Crippen MR) is 78.4 cm³/mol. The molecule has 1 aromatic carbocycles. The number of aromatic nitrogens is 2. The van der Waals surface area contributed by atoms with E-state index in [9.17, 15) is 4.79 Å². The molecular formula is C11H10ClN5OS. The van der Waals surface area contributed by atoms with Gasteiger partial charge in [0.05, 0.1) is 6.20 Å². The third-order valence-corrected chi connectivity index (χ3v) is 2.70. The third kappa shape index (κ3) is 3.43.